The van der Waals surface area contributed by atoms with Crippen LogP contribution in [0.5, 0.6) is 0 Å². The predicted octanol–water partition coefficient (Wildman–Crippen LogP) is 1.19. The monoisotopic (exact) mass is 243 g/mol. The van der Waals surface area contributed by atoms with Crippen molar-refractivity contribution < 1.29 is 4.79 Å². The molecule has 0 atom stereocenters. The van der Waals surface area contributed by atoms with Gasteiger partial charge in [-0.2, -0.15) is 0 Å². The highest BCUT2D eigenvalue weighted by Crippen LogP contribution is 2.02. The Bertz CT molecular complexity index is 605. The first kappa shape index (κ1) is 12.0. The van der Waals surface area contributed by atoms with Crippen molar-refractivity contribution in [2.24, 2.45) is 0 Å². The van der Waals surface area contributed by atoms with Crippen LogP contribution in [0.15, 0.2) is 47.7 Å². The minimum atomic E-state index is -0.256. The van der Waals surface area contributed by atoms with Crippen LogP contribution in [0, 0.1) is 6.92 Å². The van der Waals surface area contributed by atoms with Gasteiger partial charge in [-0.3, -0.25) is 14.6 Å². The molecule has 2 aromatic heterocycles. The third kappa shape index (κ3) is 3.04. The van der Waals surface area contributed by atoms with Gasteiger partial charge in [0.25, 0.3) is 5.56 Å². The number of amides is 1. The number of aromatic nitrogens is 2. The zero-order valence-electron chi connectivity index (χ0n) is 9.96. The van der Waals surface area contributed by atoms with Crippen LogP contribution in [-0.4, -0.2) is 15.5 Å². The zero-order valence-corrected chi connectivity index (χ0v) is 9.96. The van der Waals surface area contributed by atoms with Crippen LogP contribution in [0.3, 0.4) is 0 Å². The van der Waals surface area contributed by atoms with Gasteiger partial charge >= 0.3 is 0 Å². The molecule has 0 bridgehead atoms. The molecule has 0 aromatic carbocycles. The van der Waals surface area contributed by atoms with Crippen molar-refractivity contribution in [1.82, 2.24) is 9.55 Å². The lowest BCUT2D eigenvalue weighted by atomic mass is 10.3. The fourth-order valence-electron chi connectivity index (χ4n) is 1.53. The Labute approximate surface area is 104 Å². The third-order valence-corrected chi connectivity index (χ3v) is 2.41. The Morgan fingerprint density at radius 1 is 1.44 bits per heavy atom. The third-order valence-electron chi connectivity index (χ3n) is 2.41. The predicted molar refractivity (Wildman–Crippen MR) is 68.3 cm³/mol. The molecule has 2 rings (SSSR count). The molecular weight excluding hydrogens is 230 g/mol. The van der Waals surface area contributed by atoms with Crippen molar-refractivity contribution >= 4 is 11.6 Å². The number of anilines is 1. The number of hydrogen-bond acceptors (Lipinski definition) is 3. The van der Waals surface area contributed by atoms with Crippen molar-refractivity contribution in [2.75, 3.05) is 5.32 Å². The molecule has 0 unspecified atom stereocenters. The van der Waals surface area contributed by atoms with E-state index in [4.69, 9.17) is 0 Å². The molecule has 0 aliphatic carbocycles. The fourth-order valence-corrected chi connectivity index (χ4v) is 1.53. The number of nitrogens with one attached hydrogen (secondary N) is 1. The summed E-state index contributed by atoms with van der Waals surface area (Å²) in [5.74, 6) is -0.256. The van der Waals surface area contributed by atoms with E-state index in [9.17, 15) is 9.59 Å². The summed E-state index contributed by atoms with van der Waals surface area (Å²) in [6.07, 6.45) is 4.79. The molecule has 0 aliphatic rings. The van der Waals surface area contributed by atoms with Gasteiger partial charge < -0.3 is 9.88 Å². The van der Waals surface area contributed by atoms with Crippen LogP contribution < -0.4 is 10.9 Å². The van der Waals surface area contributed by atoms with Gasteiger partial charge in [0.15, 0.2) is 0 Å². The van der Waals surface area contributed by atoms with Gasteiger partial charge in [0, 0.05) is 18.5 Å². The molecule has 2 heterocycles. The highest BCUT2D eigenvalue weighted by atomic mass is 16.2. The molecule has 0 saturated carbocycles. The highest BCUT2D eigenvalue weighted by molar-refractivity contribution is 5.90. The Balaban J connectivity index is 2.06. The normalized spacial score (nSPS) is 10.1. The van der Waals surface area contributed by atoms with E-state index in [1.165, 1.54) is 10.6 Å². The van der Waals surface area contributed by atoms with Crippen LogP contribution in [0.1, 0.15) is 5.56 Å². The number of rotatable bonds is 3. The first-order valence-corrected chi connectivity index (χ1v) is 5.52. The van der Waals surface area contributed by atoms with Crippen LogP contribution in [-0.2, 0) is 11.3 Å². The largest absolute Gasteiger partial charge is 0.323 e. The number of carbonyl (C=O) groups is 1. The van der Waals surface area contributed by atoms with Gasteiger partial charge in [0.1, 0.15) is 6.54 Å². The second kappa shape index (κ2) is 5.27. The number of hydrogen-bond donors (Lipinski definition) is 1. The standard InChI is InChI=1S/C13H13N3O2/c1-10-4-6-16(13(18)7-10)9-12(17)15-11-3-2-5-14-8-11/h2-8H,9H2,1H3,(H,15,17). The van der Waals surface area contributed by atoms with Crippen molar-refractivity contribution in [2.45, 2.75) is 13.5 Å². The van der Waals surface area contributed by atoms with E-state index in [1.807, 2.05) is 6.92 Å². The van der Waals surface area contributed by atoms with Gasteiger partial charge in [-0.05, 0) is 30.7 Å². The lowest BCUT2D eigenvalue weighted by molar-refractivity contribution is -0.116. The minimum Gasteiger partial charge on any atom is -0.323 e. The molecule has 0 aliphatic heterocycles. The lowest BCUT2D eigenvalue weighted by Gasteiger charge is -2.07. The summed E-state index contributed by atoms with van der Waals surface area (Å²) in [5, 5.41) is 2.67. The molecule has 5 nitrogen and oxygen atoms in total. The zero-order chi connectivity index (χ0) is 13.0. The Kier molecular flexibility index (Phi) is 3.52. The summed E-state index contributed by atoms with van der Waals surface area (Å²) in [4.78, 5) is 27.2. The van der Waals surface area contributed by atoms with Crippen molar-refractivity contribution in [3.63, 3.8) is 0 Å². The van der Waals surface area contributed by atoms with Crippen LogP contribution in [0.4, 0.5) is 5.69 Å². The summed E-state index contributed by atoms with van der Waals surface area (Å²) < 4.78 is 1.36. The van der Waals surface area contributed by atoms with Crippen LogP contribution in [0.25, 0.3) is 0 Å². The van der Waals surface area contributed by atoms with E-state index in [0.717, 1.165) is 5.56 Å². The fraction of sp³-hybridized carbons (Fsp3) is 0.154. The molecule has 18 heavy (non-hydrogen) atoms. The van der Waals surface area contributed by atoms with E-state index in [-0.39, 0.29) is 18.0 Å². The number of aryl methyl sites for hydroxylation is 1. The summed E-state index contributed by atoms with van der Waals surface area (Å²) in [6.45, 7) is 1.83. The second-order valence-corrected chi connectivity index (χ2v) is 3.96. The molecule has 2 aromatic rings. The summed E-state index contributed by atoms with van der Waals surface area (Å²) in [5.41, 5.74) is 1.31. The van der Waals surface area contributed by atoms with Crippen molar-refractivity contribution in [3.05, 3.63) is 58.8 Å². The van der Waals surface area contributed by atoms with E-state index >= 15 is 0 Å². The van der Waals surface area contributed by atoms with Gasteiger partial charge in [0.05, 0.1) is 11.9 Å². The summed E-state index contributed by atoms with van der Waals surface area (Å²) in [6, 6.07) is 6.76. The number of pyridine rings is 2. The quantitative estimate of drug-likeness (QED) is 0.880. The Hall–Kier alpha value is -2.43. The molecule has 5 heteroatoms. The van der Waals surface area contributed by atoms with E-state index in [2.05, 4.69) is 10.3 Å². The van der Waals surface area contributed by atoms with Crippen LogP contribution >= 0.6 is 0 Å². The Morgan fingerprint density at radius 3 is 2.94 bits per heavy atom. The minimum absolute atomic E-state index is 0.00594. The molecule has 1 amide bonds. The Morgan fingerprint density at radius 2 is 2.28 bits per heavy atom. The SMILES string of the molecule is Cc1ccn(CC(=O)Nc2cccnc2)c(=O)c1. The molecular formula is C13H13N3O2. The summed E-state index contributed by atoms with van der Waals surface area (Å²) in [7, 11) is 0. The lowest BCUT2D eigenvalue weighted by Crippen LogP contribution is -2.26. The molecule has 0 saturated heterocycles. The maximum atomic E-state index is 11.7. The topological polar surface area (TPSA) is 64.0 Å². The maximum Gasteiger partial charge on any atom is 0.251 e. The molecule has 0 fully saturated rings. The van der Waals surface area contributed by atoms with Crippen molar-refractivity contribution in [1.29, 1.82) is 0 Å². The molecule has 92 valence electrons. The number of carbonyl (C=O) groups excluding carboxylic acids is 1. The average Bonchev–Trinajstić information content (AvgIpc) is 2.34. The molecule has 0 spiro atoms. The van der Waals surface area contributed by atoms with Gasteiger partial charge in [-0.15, -0.1) is 0 Å². The number of nitrogens with zero attached hydrogens (tertiary/aromatic N) is 2. The highest BCUT2D eigenvalue weighted by Gasteiger charge is 2.04. The van der Waals surface area contributed by atoms with E-state index < -0.39 is 0 Å². The van der Waals surface area contributed by atoms with Gasteiger partial charge in [0.2, 0.25) is 5.91 Å². The van der Waals surface area contributed by atoms with Gasteiger partial charge in [-0.1, -0.05) is 0 Å². The molecule has 0 radical (unpaired) electrons. The average molecular weight is 243 g/mol. The first-order valence-electron chi connectivity index (χ1n) is 5.52. The smallest absolute Gasteiger partial charge is 0.251 e. The van der Waals surface area contributed by atoms with E-state index in [0.29, 0.717) is 5.69 Å². The summed E-state index contributed by atoms with van der Waals surface area (Å²) >= 11 is 0. The maximum absolute atomic E-state index is 11.7. The second-order valence-electron chi connectivity index (χ2n) is 3.96. The van der Waals surface area contributed by atoms with Crippen LogP contribution in [0.2, 0.25) is 0 Å². The van der Waals surface area contributed by atoms with Crippen molar-refractivity contribution in [3.8, 4) is 0 Å². The van der Waals surface area contributed by atoms with Gasteiger partial charge in [-0.25, -0.2) is 0 Å². The molecule has 1 N–H and O–H groups in total. The first-order chi connectivity index (χ1) is 8.65. The van der Waals surface area contributed by atoms with E-state index in [1.54, 1.807) is 36.8 Å².